The number of carboxylic acids is 1. The van der Waals surface area contributed by atoms with Crippen LogP contribution in [0.2, 0.25) is 5.02 Å². The van der Waals surface area contributed by atoms with Gasteiger partial charge in [-0.05, 0) is 18.6 Å². The molecule has 1 N–H and O–H groups in total. The fourth-order valence-corrected chi connectivity index (χ4v) is 1.32. The predicted molar refractivity (Wildman–Crippen MR) is 58.5 cm³/mol. The second-order valence-corrected chi connectivity index (χ2v) is 3.56. The first-order chi connectivity index (χ1) is 7.56. The molecule has 1 aromatic carbocycles. The van der Waals surface area contributed by atoms with E-state index in [2.05, 4.69) is 0 Å². The van der Waals surface area contributed by atoms with E-state index in [0.717, 1.165) is 0 Å². The lowest BCUT2D eigenvalue weighted by atomic mass is 10.1. The third-order valence-electron chi connectivity index (χ3n) is 2.04. The fourth-order valence-electron chi connectivity index (χ4n) is 1.15. The number of carboxylic acid groups (broad SMARTS) is 1. The maximum absolute atomic E-state index is 11.5. The van der Waals surface area contributed by atoms with E-state index < -0.39 is 17.9 Å². The number of benzene rings is 1. The molecule has 16 heavy (non-hydrogen) atoms. The Kier molecular flexibility index (Phi) is 4.31. The zero-order chi connectivity index (χ0) is 12.1. The quantitative estimate of drug-likeness (QED) is 0.500. The molecule has 0 fully saturated rings. The van der Waals surface area contributed by atoms with Crippen LogP contribution < -0.4 is 4.74 Å². The molecule has 1 unspecified atom stereocenters. The standard InChI is InChI=1S/C11H11ClO4/c1-2-7(10(13)14)11(15)16-9-6-4-3-5-8(9)12/h3-7H,2H2,1H3,(H,13,14). The van der Waals surface area contributed by atoms with Crippen molar-refractivity contribution >= 4 is 23.5 Å². The predicted octanol–water partition coefficient (Wildman–Crippen LogP) is 2.36. The van der Waals surface area contributed by atoms with Gasteiger partial charge in [0.1, 0.15) is 5.75 Å². The second kappa shape index (κ2) is 5.51. The minimum Gasteiger partial charge on any atom is -0.481 e. The highest BCUT2D eigenvalue weighted by Crippen LogP contribution is 2.24. The van der Waals surface area contributed by atoms with E-state index in [4.69, 9.17) is 21.4 Å². The summed E-state index contributed by atoms with van der Waals surface area (Å²) in [5.41, 5.74) is 0. The number of esters is 1. The molecular weight excluding hydrogens is 232 g/mol. The number of carbonyl (C=O) groups is 2. The van der Waals surface area contributed by atoms with Crippen molar-refractivity contribution in [3.63, 3.8) is 0 Å². The van der Waals surface area contributed by atoms with Crippen molar-refractivity contribution in [2.45, 2.75) is 13.3 Å². The van der Waals surface area contributed by atoms with E-state index in [1.54, 1.807) is 25.1 Å². The van der Waals surface area contributed by atoms with Gasteiger partial charge in [-0.15, -0.1) is 0 Å². The van der Waals surface area contributed by atoms with Crippen molar-refractivity contribution in [2.24, 2.45) is 5.92 Å². The number of ether oxygens (including phenoxy) is 1. The van der Waals surface area contributed by atoms with Crippen LogP contribution in [0.1, 0.15) is 13.3 Å². The molecule has 0 aliphatic heterocycles. The summed E-state index contributed by atoms with van der Waals surface area (Å²) < 4.78 is 4.91. The molecule has 86 valence electrons. The lowest BCUT2D eigenvalue weighted by Crippen LogP contribution is -2.27. The molecule has 0 bridgehead atoms. The molecule has 5 heteroatoms. The van der Waals surface area contributed by atoms with Crippen LogP contribution in [0.5, 0.6) is 5.75 Å². The summed E-state index contributed by atoms with van der Waals surface area (Å²) in [4.78, 5) is 22.2. The third kappa shape index (κ3) is 2.97. The topological polar surface area (TPSA) is 63.6 Å². The Hall–Kier alpha value is -1.55. The van der Waals surface area contributed by atoms with Crippen LogP contribution in [0, 0.1) is 5.92 Å². The first-order valence-corrected chi connectivity index (χ1v) is 5.13. The van der Waals surface area contributed by atoms with Crippen LogP contribution in [0.4, 0.5) is 0 Å². The molecule has 1 rings (SSSR count). The zero-order valence-electron chi connectivity index (χ0n) is 8.64. The van der Waals surface area contributed by atoms with Crippen molar-refractivity contribution in [1.29, 1.82) is 0 Å². The molecule has 0 amide bonds. The summed E-state index contributed by atoms with van der Waals surface area (Å²) in [6, 6.07) is 6.41. The Morgan fingerprint density at radius 3 is 2.56 bits per heavy atom. The average Bonchev–Trinajstić information content (AvgIpc) is 2.22. The van der Waals surface area contributed by atoms with Gasteiger partial charge in [0.25, 0.3) is 0 Å². The van der Waals surface area contributed by atoms with Gasteiger partial charge < -0.3 is 9.84 Å². The molecular formula is C11H11ClO4. The number of rotatable bonds is 4. The summed E-state index contributed by atoms with van der Waals surface area (Å²) >= 11 is 5.77. The van der Waals surface area contributed by atoms with Gasteiger partial charge in [-0.3, -0.25) is 9.59 Å². The maximum Gasteiger partial charge on any atom is 0.325 e. The van der Waals surface area contributed by atoms with Gasteiger partial charge in [0.05, 0.1) is 5.02 Å². The highest BCUT2D eigenvalue weighted by Gasteiger charge is 2.26. The summed E-state index contributed by atoms with van der Waals surface area (Å²) in [6.07, 6.45) is 0.179. The van der Waals surface area contributed by atoms with Crippen LogP contribution in [0.25, 0.3) is 0 Å². The van der Waals surface area contributed by atoms with Gasteiger partial charge in [0.2, 0.25) is 0 Å². The molecule has 4 nitrogen and oxygen atoms in total. The number of carbonyl (C=O) groups excluding carboxylic acids is 1. The van der Waals surface area contributed by atoms with E-state index in [-0.39, 0.29) is 17.2 Å². The average molecular weight is 243 g/mol. The molecule has 0 aliphatic rings. The van der Waals surface area contributed by atoms with Crippen LogP contribution in [-0.4, -0.2) is 17.0 Å². The van der Waals surface area contributed by atoms with Gasteiger partial charge in [-0.25, -0.2) is 0 Å². The summed E-state index contributed by atoms with van der Waals surface area (Å²) in [5.74, 6) is -2.98. The van der Waals surface area contributed by atoms with Crippen molar-refractivity contribution in [3.05, 3.63) is 29.3 Å². The Morgan fingerprint density at radius 1 is 1.44 bits per heavy atom. The highest BCUT2D eigenvalue weighted by molar-refractivity contribution is 6.32. The molecule has 0 saturated carbocycles. The summed E-state index contributed by atoms with van der Waals surface area (Å²) in [6.45, 7) is 1.60. The van der Waals surface area contributed by atoms with E-state index >= 15 is 0 Å². The number of aliphatic carboxylic acids is 1. The zero-order valence-corrected chi connectivity index (χ0v) is 9.40. The van der Waals surface area contributed by atoms with E-state index in [1.807, 2.05) is 0 Å². The minimum atomic E-state index is -1.19. The van der Waals surface area contributed by atoms with Gasteiger partial charge in [0, 0.05) is 0 Å². The Morgan fingerprint density at radius 2 is 2.06 bits per heavy atom. The molecule has 0 heterocycles. The molecule has 0 saturated heterocycles. The molecule has 0 aromatic heterocycles. The summed E-state index contributed by atoms with van der Waals surface area (Å²) in [7, 11) is 0. The monoisotopic (exact) mass is 242 g/mol. The highest BCUT2D eigenvalue weighted by atomic mass is 35.5. The van der Waals surface area contributed by atoms with Gasteiger partial charge >= 0.3 is 11.9 Å². The molecule has 0 aliphatic carbocycles. The van der Waals surface area contributed by atoms with Crippen molar-refractivity contribution in [3.8, 4) is 5.75 Å². The van der Waals surface area contributed by atoms with Crippen molar-refractivity contribution < 1.29 is 19.4 Å². The lowest BCUT2D eigenvalue weighted by Gasteiger charge is -2.10. The Bertz CT molecular complexity index is 403. The van der Waals surface area contributed by atoms with Gasteiger partial charge in [0.15, 0.2) is 5.92 Å². The van der Waals surface area contributed by atoms with Crippen molar-refractivity contribution in [1.82, 2.24) is 0 Å². The first kappa shape index (κ1) is 12.5. The lowest BCUT2D eigenvalue weighted by molar-refractivity contribution is -0.153. The second-order valence-electron chi connectivity index (χ2n) is 3.15. The number of hydrogen-bond acceptors (Lipinski definition) is 3. The first-order valence-electron chi connectivity index (χ1n) is 4.75. The van der Waals surface area contributed by atoms with Crippen molar-refractivity contribution in [2.75, 3.05) is 0 Å². The minimum absolute atomic E-state index is 0.175. The normalized spacial score (nSPS) is 11.9. The molecule has 0 spiro atoms. The fraction of sp³-hybridized carbons (Fsp3) is 0.273. The van der Waals surface area contributed by atoms with Crippen LogP contribution >= 0.6 is 11.6 Å². The number of halogens is 1. The SMILES string of the molecule is CCC(C(=O)O)C(=O)Oc1ccccc1Cl. The molecule has 0 radical (unpaired) electrons. The smallest absolute Gasteiger partial charge is 0.325 e. The third-order valence-corrected chi connectivity index (χ3v) is 2.35. The van der Waals surface area contributed by atoms with E-state index in [0.29, 0.717) is 0 Å². The van der Waals surface area contributed by atoms with Gasteiger partial charge in [-0.2, -0.15) is 0 Å². The number of para-hydroxylation sites is 1. The maximum atomic E-state index is 11.5. The Labute approximate surface area is 97.8 Å². The summed E-state index contributed by atoms with van der Waals surface area (Å²) in [5, 5.41) is 9.03. The van der Waals surface area contributed by atoms with Crippen LogP contribution in [-0.2, 0) is 9.59 Å². The van der Waals surface area contributed by atoms with Crippen LogP contribution in [0.15, 0.2) is 24.3 Å². The van der Waals surface area contributed by atoms with E-state index in [1.165, 1.54) is 6.07 Å². The number of hydrogen-bond donors (Lipinski definition) is 1. The van der Waals surface area contributed by atoms with Gasteiger partial charge in [-0.1, -0.05) is 30.7 Å². The molecule has 1 atom stereocenters. The molecule has 1 aromatic rings. The van der Waals surface area contributed by atoms with E-state index in [9.17, 15) is 9.59 Å². The van der Waals surface area contributed by atoms with Crippen LogP contribution in [0.3, 0.4) is 0 Å². The Balaban J connectivity index is 2.78. The largest absolute Gasteiger partial charge is 0.481 e.